The number of aldehydes is 1. The molecule has 4 rings (SSSR count). The van der Waals surface area contributed by atoms with E-state index in [4.69, 9.17) is 0 Å². The van der Waals surface area contributed by atoms with Crippen LogP contribution in [0.5, 0.6) is 0 Å². The van der Waals surface area contributed by atoms with Crippen LogP contribution in [0.25, 0.3) is 16.5 Å². The summed E-state index contributed by atoms with van der Waals surface area (Å²) < 4.78 is 42.4. The lowest BCUT2D eigenvalue weighted by Gasteiger charge is -2.13. The van der Waals surface area contributed by atoms with Crippen LogP contribution in [0.3, 0.4) is 0 Å². The van der Waals surface area contributed by atoms with Gasteiger partial charge in [0.05, 0.1) is 5.69 Å². The molecule has 4 aromatic rings. The standard InChI is InChI=1S/C23H19FN4O5S2/c1-13-3-8-21(34-13)35(32,33)27-23(31)26-16-5-7-20(19(24)10-16)28-11-14(12-29)18-9-15(25-2)4-6-17(18)22(28)30/h3-12,25H,1-2H3,(H2,26,27,31). The maximum Gasteiger partial charge on any atom is 0.333 e. The quantitative estimate of drug-likeness (QED) is 0.336. The lowest BCUT2D eigenvalue weighted by atomic mass is 10.1. The van der Waals surface area contributed by atoms with Crippen molar-refractivity contribution in [3.63, 3.8) is 0 Å². The lowest BCUT2D eigenvalue weighted by Crippen LogP contribution is -2.34. The molecule has 35 heavy (non-hydrogen) atoms. The van der Waals surface area contributed by atoms with Gasteiger partial charge in [-0.2, -0.15) is 0 Å². The summed E-state index contributed by atoms with van der Waals surface area (Å²) in [4.78, 5) is 37.6. The van der Waals surface area contributed by atoms with Gasteiger partial charge in [0.25, 0.3) is 15.6 Å². The zero-order valence-corrected chi connectivity index (χ0v) is 20.1. The predicted molar refractivity (Wildman–Crippen MR) is 133 cm³/mol. The van der Waals surface area contributed by atoms with E-state index in [1.54, 1.807) is 38.2 Å². The number of thiophene rings is 1. The van der Waals surface area contributed by atoms with Gasteiger partial charge in [-0.05, 0) is 55.5 Å². The van der Waals surface area contributed by atoms with Gasteiger partial charge in [-0.1, -0.05) is 0 Å². The number of nitrogens with one attached hydrogen (secondary N) is 3. The Kier molecular flexibility index (Phi) is 6.41. The summed E-state index contributed by atoms with van der Waals surface area (Å²) in [6, 6.07) is 10.3. The highest BCUT2D eigenvalue weighted by Gasteiger charge is 2.20. The molecule has 0 atom stereocenters. The minimum Gasteiger partial charge on any atom is -0.388 e. The van der Waals surface area contributed by atoms with Crippen LogP contribution >= 0.6 is 11.3 Å². The fraction of sp³-hybridized carbons (Fsp3) is 0.0870. The Morgan fingerprint density at radius 2 is 1.80 bits per heavy atom. The first-order valence-corrected chi connectivity index (χ1v) is 12.5. The zero-order chi connectivity index (χ0) is 25.3. The Hall–Kier alpha value is -4.03. The minimum absolute atomic E-state index is 0.0322. The molecule has 0 aliphatic carbocycles. The van der Waals surface area contributed by atoms with E-state index in [-0.39, 0.29) is 26.5 Å². The lowest BCUT2D eigenvalue weighted by molar-refractivity contribution is 0.112. The third-order valence-electron chi connectivity index (χ3n) is 5.14. The first kappa shape index (κ1) is 24.1. The average Bonchev–Trinajstić information content (AvgIpc) is 3.26. The van der Waals surface area contributed by atoms with Crippen LogP contribution in [0.4, 0.5) is 20.6 Å². The van der Waals surface area contributed by atoms with E-state index in [9.17, 15) is 27.2 Å². The number of carbonyl (C=O) groups excluding carboxylic acids is 2. The fourth-order valence-electron chi connectivity index (χ4n) is 3.46. The van der Waals surface area contributed by atoms with E-state index in [0.29, 0.717) is 17.4 Å². The molecule has 0 fully saturated rings. The van der Waals surface area contributed by atoms with Crippen LogP contribution in [0.1, 0.15) is 15.2 Å². The predicted octanol–water partition coefficient (Wildman–Crippen LogP) is 3.86. The summed E-state index contributed by atoms with van der Waals surface area (Å²) in [7, 11) is -2.38. The van der Waals surface area contributed by atoms with E-state index in [1.165, 1.54) is 24.4 Å². The molecule has 0 saturated heterocycles. The van der Waals surface area contributed by atoms with Crippen LogP contribution in [-0.2, 0) is 10.0 Å². The summed E-state index contributed by atoms with van der Waals surface area (Å²) in [5, 5.41) is 5.84. The molecule has 0 bridgehead atoms. The molecular formula is C23H19FN4O5S2. The van der Waals surface area contributed by atoms with Crippen molar-refractivity contribution < 1.29 is 22.4 Å². The van der Waals surface area contributed by atoms with Crippen molar-refractivity contribution in [1.82, 2.24) is 9.29 Å². The topological polar surface area (TPSA) is 126 Å². The summed E-state index contributed by atoms with van der Waals surface area (Å²) in [6.45, 7) is 1.73. The van der Waals surface area contributed by atoms with Crippen LogP contribution in [0.2, 0.25) is 0 Å². The smallest absolute Gasteiger partial charge is 0.333 e. The van der Waals surface area contributed by atoms with Gasteiger partial charge in [-0.25, -0.2) is 22.3 Å². The number of fused-ring (bicyclic) bond motifs is 1. The highest BCUT2D eigenvalue weighted by atomic mass is 32.2. The third kappa shape index (κ3) is 4.79. The Bertz CT molecular complexity index is 1640. The monoisotopic (exact) mass is 514 g/mol. The molecule has 2 aromatic carbocycles. The number of aromatic nitrogens is 1. The Morgan fingerprint density at radius 3 is 2.43 bits per heavy atom. The second-order valence-corrected chi connectivity index (χ2v) is 10.7. The summed E-state index contributed by atoms with van der Waals surface area (Å²) in [5.41, 5.74) is 0.165. The van der Waals surface area contributed by atoms with Crippen LogP contribution in [0, 0.1) is 12.7 Å². The van der Waals surface area contributed by atoms with E-state index in [1.807, 2.05) is 4.72 Å². The van der Waals surface area contributed by atoms with Gasteiger partial charge in [0.2, 0.25) is 0 Å². The van der Waals surface area contributed by atoms with Crippen molar-refractivity contribution >= 4 is 55.8 Å². The van der Waals surface area contributed by atoms with Crippen molar-refractivity contribution in [3.05, 3.63) is 81.3 Å². The van der Waals surface area contributed by atoms with Gasteiger partial charge < -0.3 is 10.6 Å². The second-order valence-electron chi connectivity index (χ2n) is 7.48. The summed E-state index contributed by atoms with van der Waals surface area (Å²) in [6.07, 6.45) is 1.82. The highest BCUT2D eigenvalue weighted by molar-refractivity contribution is 7.92. The molecule has 2 aromatic heterocycles. The van der Waals surface area contributed by atoms with Crippen molar-refractivity contribution in [3.8, 4) is 5.69 Å². The van der Waals surface area contributed by atoms with Gasteiger partial charge >= 0.3 is 6.03 Å². The van der Waals surface area contributed by atoms with Gasteiger partial charge in [0, 0.05) is 45.8 Å². The van der Waals surface area contributed by atoms with Crippen LogP contribution in [-0.4, -0.2) is 32.3 Å². The molecule has 2 amide bonds. The number of halogens is 1. The zero-order valence-electron chi connectivity index (χ0n) is 18.5. The van der Waals surface area contributed by atoms with Crippen molar-refractivity contribution in [2.24, 2.45) is 0 Å². The van der Waals surface area contributed by atoms with Gasteiger partial charge in [0.15, 0.2) is 6.29 Å². The number of hydrogen-bond donors (Lipinski definition) is 3. The molecule has 12 heteroatoms. The van der Waals surface area contributed by atoms with E-state index < -0.39 is 27.4 Å². The number of pyridine rings is 1. The van der Waals surface area contributed by atoms with Crippen molar-refractivity contribution in [1.29, 1.82) is 0 Å². The summed E-state index contributed by atoms with van der Waals surface area (Å²) in [5.74, 6) is -0.871. The third-order valence-corrected chi connectivity index (χ3v) is 7.96. The number of nitrogens with zero attached hydrogens (tertiary/aromatic N) is 1. The average molecular weight is 515 g/mol. The molecule has 180 valence electrons. The number of aryl methyl sites for hydroxylation is 1. The summed E-state index contributed by atoms with van der Waals surface area (Å²) >= 11 is 1.00. The SMILES string of the molecule is CNc1ccc2c(=O)n(-c3ccc(NC(=O)NS(=O)(=O)c4ccc(C)s4)cc3F)cc(C=O)c2c1. The molecule has 3 N–H and O–H groups in total. The van der Waals surface area contributed by atoms with E-state index >= 15 is 0 Å². The molecule has 0 aliphatic rings. The Balaban J connectivity index is 1.63. The van der Waals surface area contributed by atoms with Gasteiger partial charge in [-0.15, -0.1) is 11.3 Å². The first-order valence-electron chi connectivity index (χ1n) is 10.2. The van der Waals surface area contributed by atoms with Crippen molar-refractivity contribution in [2.45, 2.75) is 11.1 Å². The molecular weight excluding hydrogens is 495 g/mol. The fourth-order valence-corrected chi connectivity index (χ4v) is 5.65. The molecule has 0 aliphatic heterocycles. The van der Waals surface area contributed by atoms with E-state index in [0.717, 1.165) is 26.8 Å². The minimum atomic E-state index is -4.08. The number of carbonyl (C=O) groups is 2. The maximum atomic E-state index is 15.0. The number of rotatable bonds is 6. The molecule has 2 heterocycles. The highest BCUT2D eigenvalue weighted by Crippen LogP contribution is 2.23. The molecule has 0 spiro atoms. The number of urea groups is 1. The largest absolute Gasteiger partial charge is 0.388 e. The molecule has 0 saturated carbocycles. The van der Waals surface area contributed by atoms with E-state index in [2.05, 4.69) is 10.6 Å². The van der Waals surface area contributed by atoms with Crippen LogP contribution in [0.15, 0.2) is 63.7 Å². The number of sulfonamides is 1. The molecule has 0 radical (unpaired) electrons. The number of amides is 2. The van der Waals surface area contributed by atoms with Crippen LogP contribution < -0.4 is 20.9 Å². The first-order chi connectivity index (χ1) is 16.6. The Morgan fingerprint density at radius 1 is 1.06 bits per heavy atom. The number of benzene rings is 2. The second kappa shape index (κ2) is 9.31. The molecule has 0 unspecified atom stereocenters. The maximum absolute atomic E-state index is 15.0. The van der Waals surface area contributed by atoms with Gasteiger partial charge in [-0.3, -0.25) is 14.2 Å². The number of anilines is 2. The van der Waals surface area contributed by atoms with Gasteiger partial charge in [0.1, 0.15) is 10.0 Å². The number of hydrogen-bond acceptors (Lipinski definition) is 7. The van der Waals surface area contributed by atoms with Crippen molar-refractivity contribution in [2.75, 3.05) is 17.7 Å². The Labute approximate surface area is 203 Å². The normalized spacial score (nSPS) is 11.3. The molecule has 9 nitrogen and oxygen atoms in total.